The summed E-state index contributed by atoms with van der Waals surface area (Å²) in [5.41, 5.74) is 0. The molecule has 2 heterocycles. The number of nitrogens with one attached hydrogen (secondary N) is 1. The van der Waals surface area contributed by atoms with E-state index < -0.39 is 0 Å². The van der Waals surface area contributed by atoms with Gasteiger partial charge in [-0.3, -0.25) is 9.59 Å². The van der Waals surface area contributed by atoms with Crippen molar-refractivity contribution in [1.29, 1.82) is 0 Å². The van der Waals surface area contributed by atoms with Crippen LogP contribution in [0.4, 0.5) is 0 Å². The van der Waals surface area contributed by atoms with E-state index in [0.29, 0.717) is 13.1 Å². The number of amides is 2. The Balaban J connectivity index is 2.16. The predicted octanol–water partition coefficient (Wildman–Crippen LogP) is 1.27. The number of aryl methyl sites for hydroxylation is 1. The molecular weight excluding hydrogens is 236 g/mol. The van der Waals surface area contributed by atoms with Crippen LogP contribution in [-0.2, 0) is 11.2 Å². The van der Waals surface area contributed by atoms with E-state index in [4.69, 9.17) is 0 Å². The molecule has 0 bridgehead atoms. The first kappa shape index (κ1) is 12.1. The van der Waals surface area contributed by atoms with Crippen molar-refractivity contribution in [2.75, 3.05) is 13.1 Å². The Labute approximate surface area is 105 Å². The Kier molecular flexibility index (Phi) is 3.47. The highest BCUT2D eigenvalue weighted by atomic mass is 32.1. The summed E-state index contributed by atoms with van der Waals surface area (Å²) < 4.78 is 0. The number of carbonyl (C=O) groups is 2. The van der Waals surface area contributed by atoms with Crippen molar-refractivity contribution in [1.82, 2.24) is 10.2 Å². The minimum absolute atomic E-state index is 0.0305. The van der Waals surface area contributed by atoms with Crippen LogP contribution < -0.4 is 5.32 Å². The first-order chi connectivity index (χ1) is 8.13. The summed E-state index contributed by atoms with van der Waals surface area (Å²) in [4.78, 5) is 27.3. The van der Waals surface area contributed by atoms with Crippen molar-refractivity contribution in [2.24, 2.45) is 0 Å². The molecule has 4 nitrogen and oxygen atoms in total. The minimum atomic E-state index is -0.372. The number of hydrogen-bond donors (Lipinski definition) is 1. The van der Waals surface area contributed by atoms with Gasteiger partial charge in [0.1, 0.15) is 6.04 Å². The standard InChI is InChI=1S/C12H16N2O2S/c1-3-9-4-5-10(17-9)12(16)14-7-6-13-11(15)8(14)2/h4-5,8H,3,6-7H2,1-2H3,(H,13,15). The van der Waals surface area contributed by atoms with E-state index in [0.717, 1.165) is 11.3 Å². The van der Waals surface area contributed by atoms with Crippen LogP contribution in [0, 0.1) is 0 Å². The average molecular weight is 252 g/mol. The molecule has 2 rings (SSSR count). The summed E-state index contributed by atoms with van der Waals surface area (Å²) in [5, 5.41) is 2.76. The van der Waals surface area contributed by atoms with Gasteiger partial charge in [0, 0.05) is 18.0 Å². The van der Waals surface area contributed by atoms with Gasteiger partial charge in [0.25, 0.3) is 5.91 Å². The van der Waals surface area contributed by atoms with Gasteiger partial charge in [0.15, 0.2) is 0 Å². The molecule has 17 heavy (non-hydrogen) atoms. The van der Waals surface area contributed by atoms with Crippen molar-refractivity contribution in [3.8, 4) is 0 Å². The molecule has 1 aromatic rings. The fourth-order valence-corrected chi connectivity index (χ4v) is 2.79. The normalized spacial score (nSPS) is 20.2. The maximum atomic E-state index is 12.2. The SMILES string of the molecule is CCc1ccc(C(=O)N2CCNC(=O)C2C)s1. The summed E-state index contributed by atoms with van der Waals surface area (Å²) >= 11 is 1.51. The number of nitrogens with zero attached hydrogens (tertiary/aromatic N) is 1. The van der Waals surface area contributed by atoms with Crippen molar-refractivity contribution in [2.45, 2.75) is 26.3 Å². The molecule has 5 heteroatoms. The molecule has 0 aliphatic carbocycles. The second-order valence-corrected chi connectivity index (χ2v) is 5.25. The molecule has 0 spiro atoms. The maximum absolute atomic E-state index is 12.2. The van der Waals surface area contributed by atoms with Crippen LogP contribution in [0.3, 0.4) is 0 Å². The second-order valence-electron chi connectivity index (χ2n) is 4.09. The lowest BCUT2D eigenvalue weighted by Gasteiger charge is -2.32. The molecule has 1 N–H and O–H groups in total. The van der Waals surface area contributed by atoms with Crippen LogP contribution in [-0.4, -0.2) is 35.8 Å². The lowest BCUT2D eigenvalue weighted by Crippen LogP contribution is -2.55. The summed E-state index contributed by atoms with van der Waals surface area (Å²) in [5.74, 6) is -0.103. The van der Waals surface area contributed by atoms with Gasteiger partial charge >= 0.3 is 0 Å². The molecule has 1 aliphatic rings. The Bertz CT molecular complexity index is 441. The molecule has 2 amide bonds. The molecule has 1 saturated heterocycles. The Hall–Kier alpha value is -1.36. The zero-order valence-corrected chi connectivity index (χ0v) is 10.8. The number of carbonyl (C=O) groups excluding carboxylic acids is 2. The molecule has 1 unspecified atom stereocenters. The van der Waals surface area contributed by atoms with E-state index in [2.05, 4.69) is 12.2 Å². The van der Waals surface area contributed by atoms with E-state index in [9.17, 15) is 9.59 Å². The summed E-state index contributed by atoms with van der Waals surface area (Å²) in [6.07, 6.45) is 0.938. The van der Waals surface area contributed by atoms with Crippen LogP contribution in [0.1, 0.15) is 28.4 Å². The van der Waals surface area contributed by atoms with Crippen LogP contribution in [0.15, 0.2) is 12.1 Å². The first-order valence-electron chi connectivity index (χ1n) is 5.81. The molecule has 92 valence electrons. The van der Waals surface area contributed by atoms with Gasteiger partial charge in [0.2, 0.25) is 5.91 Å². The average Bonchev–Trinajstić information content (AvgIpc) is 2.80. The van der Waals surface area contributed by atoms with Gasteiger partial charge in [0.05, 0.1) is 4.88 Å². The van der Waals surface area contributed by atoms with Crippen molar-refractivity contribution >= 4 is 23.2 Å². The monoisotopic (exact) mass is 252 g/mol. The molecule has 0 saturated carbocycles. The van der Waals surface area contributed by atoms with E-state index in [1.54, 1.807) is 11.8 Å². The van der Waals surface area contributed by atoms with Crippen molar-refractivity contribution < 1.29 is 9.59 Å². The fourth-order valence-electron chi connectivity index (χ4n) is 1.88. The van der Waals surface area contributed by atoms with Crippen LogP contribution >= 0.6 is 11.3 Å². The topological polar surface area (TPSA) is 49.4 Å². The first-order valence-corrected chi connectivity index (χ1v) is 6.62. The zero-order valence-electron chi connectivity index (χ0n) is 10.0. The molecular formula is C12H16N2O2S. The number of hydrogen-bond acceptors (Lipinski definition) is 3. The lowest BCUT2D eigenvalue weighted by molar-refractivity contribution is -0.127. The van der Waals surface area contributed by atoms with Gasteiger partial charge in [-0.05, 0) is 25.5 Å². The van der Waals surface area contributed by atoms with Crippen LogP contribution in [0.2, 0.25) is 0 Å². The number of piperazine rings is 1. The summed E-state index contributed by atoms with van der Waals surface area (Å²) in [7, 11) is 0. The largest absolute Gasteiger partial charge is 0.353 e. The van der Waals surface area contributed by atoms with E-state index in [-0.39, 0.29) is 17.9 Å². The third kappa shape index (κ3) is 2.34. The predicted molar refractivity (Wildman–Crippen MR) is 67.2 cm³/mol. The van der Waals surface area contributed by atoms with Crippen LogP contribution in [0.25, 0.3) is 0 Å². The van der Waals surface area contributed by atoms with Gasteiger partial charge in [-0.2, -0.15) is 0 Å². The zero-order chi connectivity index (χ0) is 12.4. The van der Waals surface area contributed by atoms with Crippen LogP contribution in [0.5, 0.6) is 0 Å². The molecule has 0 aromatic carbocycles. The van der Waals surface area contributed by atoms with Gasteiger partial charge in [-0.1, -0.05) is 6.92 Å². The third-order valence-corrected chi connectivity index (χ3v) is 4.20. The smallest absolute Gasteiger partial charge is 0.264 e. The number of rotatable bonds is 2. The van der Waals surface area contributed by atoms with Gasteiger partial charge < -0.3 is 10.2 Å². The van der Waals surface area contributed by atoms with E-state index >= 15 is 0 Å². The molecule has 1 atom stereocenters. The van der Waals surface area contributed by atoms with E-state index in [1.807, 2.05) is 12.1 Å². The highest BCUT2D eigenvalue weighted by Gasteiger charge is 2.30. The fraction of sp³-hybridized carbons (Fsp3) is 0.500. The minimum Gasteiger partial charge on any atom is -0.353 e. The highest BCUT2D eigenvalue weighted by molar-refractivity contribution is 7.14. The quantitative estimate of drug-likeness (QED) is 0.861. The second kappa shape index (κ2) is 4.87. The molecule has 1 aromatic heterocycles. The summed E-state index contributed by atoms with van der Waals surface area (Å²) in [6.45, 7) is 4.96. The Morgan fingerprint density at radius 3 is 3.00 bits per heavy atom. The van der Waals surface area contributed by atoms with Crippen molar-refractivity contribution in [3.05, 3.63) is 21.9 Å². The molecule has 0 radical (unpaired) electrons. The molecule has 1 fully saturated rings. The Morgan fingerprint density at radius 2 is 2.35 bits per heavy atom. The lowest BCUT2D eigenvalue weighted by atomic mass is 10.2. The Morgan fingerprint density at radius 1 is 1.59 bits per heavy atom. The molecule has 1 aliphatic heterocycles. The van der Waals surface area contributed by atoms with Gasteiger partial charge in [-0.25, -0.2) is 0 Å². The van der Waals surface area contributed by atoms with Crippen molar-refractivity contribution in [3.63, 3.8) is 0 Å². The van der Waals surface area contributed by atoms with Gasteiger partial charge in [-0.15, -0.1) is 11.3 Å². The number of thiophene rings is 1. The maximum Gasteiger partial charge on any atom is 0.264 e. The van der Waals surface area contributed by atoms with E-state index in [1.165, 1.54) is 16.2 Å². The third-order valence-electron chi connectivity index (χ3n) is 2.98. The summed E-state index contributed by atoms with van der Waals surface area (Å²) in [6, 6.07) is 3.46. The highest BCUT2D eigenvalue weighted by Crippen LogP contribution is 2.20.